The standard InChI is InChI=1S/C20H25N3O3/c1-25-18-8-14(9-19(11-18)26-2)12-23-7-6-17(13-23)22-20(24)15-4-3-5-16(21)10-15/h3-5,8-11,17H,6-7,12-13,21H2,1-2H3,(H,22,24). The summed E-state index contributed by atoms with van der Waals surface area (Å²) in [4.78, 5) is 14.7. The number of hydrogen-bond acceptors (Lipinski definition) is 5. The van der Waals surface area contributed by atoms with Gasteiger partial charge in [-0.1, -0.05) is 6.07 Å². The summed E-state index contributed by atoms with van der Waals surface area (Å²) < 4.78 is 10.7. The summed E-state index contributed by atoms with van der Waals surface area (Å²) in [5.41, 5.74) is 8.07. The zero-order chi connectivity index (χ0) is 18.5. The molecule has 1 fully saturated rings. The number of nitrogen functional groups attached to an aromatic ring is 1. The SMILES string of the molecule is COc1cc(CN2CCC(NC(=O)c3cccc(N)c3)C2)cc(OC)c1. The minimum absolute atomic E-state index is 0.0767. The molecular weight excluding hydrogens is 330 g/mol. The number of likely N-dealkylation sites (tertiary alicyclic amines) is 1. The van der Waals surface area contributed by atoms with Crippen LogP contribution in [0.3, 0.4) is 0 Å². The fourth-order valence-electron chi connectivity index (χ4n) is 3.26. The normalized spacial score (nSPS) is 17.1. The highest BCUT2D eigenvalue weighted by Crippen LogP contribution is 2.24. The van der Waals surface area contributed by atoms with Crippen molar-refractivity contribution in [3.63, 3.8) is 0 Å². The van der Waals surface area contributed by atoms with Crippen LogP contribution in [-0.4, -0.2) is 44.2 Å². The van der Waals surface area contributed by atoms with Gasteiger partial charge in [-0.25, -0.2) is 0 Å². The molecule has 2 aromatic carbocycles. The molecule has 0 radical (unpaired) electrons. The molecule has 2 aromatic rings. The number of hydrogen-bond donors (Lipinski definition) is 2. The first-order valence-corrected chi connectivity index (χ1v) is 8.68. The average molecular weight is 355 g/mol. The fraction of sp³-hybridized carbons (Fsp3) is 0.350. The molecule has 6 nitrogen and oxygen atoms in total. The first-order valence-electron chi connectivity index (χ1n) is 8.68. The van der Waals surface area contributed by atoms with E-state index >= 15 is 0 Å². The maximum absolute atomic E-state index is 12.4. The Morgan fingerprint density at radius 2 is 1.92 bits per heavy atom. The molecule has 1 unspecified atom stereocenters. The van der Waals surface area contributed by atoms with Crippen LogP contribution in [0.25, 0.3) is 0 Å². The van der Waals surface area contributed by atoms with Crippen LogP contribution >= 0.6 is 0 Å². The maximum Gasteiger partial charge on any atom is 0.251 e. The van der Waals surface area contributed by atoms with Gasteiger partial charge in [-0.3, -0.25) is 9.69 Å². The van der Waals surface area contributed by atoms with Crippen molar-refractivity contribution in [3.05, 3.63) is 53.6 Å². The molecule has 6 heteroatoms. The lowest BCUT2D eigenvalue weighted by Crippen LogP contribution is -2.37. The van der Waals surface area contributed by atoms with Crippen molar-refractivity contribution >= 4 is 11.6 Å². The number of carbonyl (C=O) groups excluding carboxylic acids is 1. The number of benzene rings is 2. The van der Waals surface area contributed by atoms with Crippen LogP contribution in [0.2, 0.25) is 0 Å². The first kappa shape index (κ1) is 18.1. The third kappa shape index (κ3) is 4.46. The molecule has 0 aliphatic carbocycles. The average Bonchev–Trinajstić information content (AvgIpc) is 3.08. The molecule has 0 saturated carbocycles. The highest BCUT2D eigenvalue weighted by Gasteiger charge is 2.24. The van der Waals surface area contributed by atoms with Gasteiger partial charge in [0.1, 0.15) is 11.5 Å². The minimum atomic E-state index is -0.0767. The molecule has 3 N–H and O–H groups in total. The van der Waals surface area contributed by atoms with Gasteiger partial charge in [-0.15, -0.1) is 0 Å². The largest absolute Gasteiger partial charge is 0.497 e. The minimum Gasteiger partial charge on any atom is -0.497 e. The summed E-state index contributed by atoms with van der Waals surface area (Å²) in [7, 11) is 3.30. The van der Waals surface area contributed by atoms with Gasteiger partial charge in [0.25, 0.3) is 5.91 Å². The molecule has 1 amide bonds. The lowest BCUT2D eigenvalue weighted by atomic mass is 10.1. The van der Waals surface area contributed by atoms with Gasteiger partial charge >= 0.3 is 0 Å². The zero-order valence-corrected chi connectivity index (χ0v) is 15.2. The van der Waals surface area contributed by atoms with Crippen LogP contribution in [0.4, 0.5) is 5.69 Å². The van der Waals surface area contributed by atoms with Crippen molar-refractivity contribution in [1.29, 1.82) is 0 Å². The van der Waals surface area contributed by atoms with E-state index in [4.69, 9.17) is 15.2 Å². The van der Waals surface area contributed by atoms with E-state index in [0.29, 0.717) is 11.3 Å². The van der Waals surface area contributed by atoms with Crippen molar-refractivity contribution in [1.82, 2.24) is 10.2 Å². The van der Waals surface area contributed by atoms with Crippen molar-refractivity contribution in [2.24, 2.45) is 0 Å². The van der Waals surface area contributed by atoms with Crippen LogP contribution in [0.5, 0.6) is 11.5 Å². The first-order chi connectivity index (χ1) is 12.6. The van der Waals surface area contributed by atoms with Crippen LogP contribution in [0, 0.1) is 0 Å². The topological polar surface area (TPSA) is 76.8 Å². The Bertz CT molecular complexity index is 756. The number of rotatable bonds is 6. The number of methoxy groups -OCH3 is 2. The summed E-state index contributed by atoms with van der Waals surface area (Å²) in [6.07, 6.45) is 0.926. The summed E-state index contributed by atoms with van der Waals surface area (Å²) in [6, 6.07) is 13.1. The lowest BCUT2D eigenvalue weighted by molar-refractivity contribution is 0.0937. The van der Waals surface area contributed by atoms with E-state index < -0.39 is 0 Å². The quantitative estimate of drug-likeness (QED) is 0.778. The molecule has 1 aliphatic rings. The van der Waals surface area contributed by atoms with E-state index in [2.05, 4.69) is 10.2 Å². The second-order valence-corrected chi connectivity index (χ2v) is 6.54. The second-order valence-electron chi connectivity index (χ2n) is 6.54. The van der Waals surface area contributed by atoms with Crippen molar-refractivity contribution < 1.29 is 14.3 Å². The van der Waals surface area contributed by atoms with Gasteiger partial charge in [0, 0.05) is 43.0 Å². The van der Waals surface area contributed by atoms with Crippen LogP contribution in [-0.2, 0) is 6.54 Å². The number of ether oxygens (including phenoxy) is 2. The monoisotopic (exact) mass is 355 g/mol. The van der Waals surface area contributed by atoms with Crippen LogP contribution in [0.15, 0.2) is 42.5 Å². The van der Waals surface area contributed by atoms with E-state index in [1.807, 2.05) is 18.2 Å². The van der Waals surface area contributed by atoms with E-state index in [0.717, 1.165) is 43.1 Å². The van der Waals surface area contributed by atoms with Crippen LogP contribution < -0.4 is 20.5 Å². The number of nitrogens with one attached hydrogen (secondary N) is 1. The predicted octanol–water partition coefficient (Wildman–Crippen LogP) is 2.29. The Morgan fingerprint density at radius 3 is 2.58 bits per heavy atom. The van der Waals surface area contributed by atoms with Crippen molar-refractivity contribution in [2.75, 3.05) is 33.0 Å². The van der Waals surface area contributed by atoms with Gasteiger partial charge in [-0.05, 0) is 42.3 Å². The van der Waals surface area contributed by atoms with E-state index in [1.54, 1.807) is 38.5 Å². The molecule has 0 bridgehead atoms. The summed E-state index contributed by atoms with van der Waals surface area (Å²) in [6.45, 7) is 2.53. The molecule has 1 aliphatic heterocycles. The third-order valence-electron chi connectivity index (χ3n) is 4.57. The van der Waals surface area contributed by atoms with E-state index in [9.17, 15) is 4.79 Å². The number of anilines is 1. The predicted molar refractivity (Wildman–Crippen MR) is 102 cm³/mol. The molecule has 26 heavy (non-hydrogen) atoms. The van der Waals surface area contributed by atoms with Gasteiger partial charge in [0.05, 0.1) is 14.2 Å². The Hall–Kier alpha value is -2.73. The van der Waals surface area contributed by atoms with Crippen LogP contribution in [0.1, 0.15) is 22.3 Å². The molecule has 3 rings (SSSR count). The fourth-order valence-corrected chi connectivity index (χ4v) is 3.26. The third-order valence-corrected chi connectivity index (χ3v) is 4.57. The summed E-state index contributed by atoms with van der Waals surface area (Å²) in [5.74, 6) is 1.49. The molecule has 1 atom stereocenters. The maximum atomic E-state index is 12.4. The molecular formula is C20H25N3O3. The second kappa shape index (κ2) is 8.10. The van der Waals surface area contributed by atoms with E-state index in [-0.39, 0.29) is 11.9 Å². The molecule has 1 saturated heterocycles. The van der Waals surface area contributed by atoms with Gasteiger partial charge in [0.15, 0.2) is 0 Å². The molecule has 0 spiro atoms. The van der Waals surface area contributed by atoms with Crippen molar-refractivity contribution in [2.45, 2.75) is 19.0 Å². The molecule has 1 heterocycles. The number of nitrogens with two attached hydrogens (primary N) is 1. The highest BCUT2D eigenvalue weighted by atomic mass is 16.5. The number of amides is 1. The Labute approximate surface area is 153 Å². The van der Waals surface area contributed by atoms with Gasteiger partial charge in [-0.2, -0.15) is 0 Å². The lowest BCUT2D eigenvalue weighted by Gasteiger charge is -2.18. The smallest absolute Gasteiger partial charge is 0.251 e. The van der Waals surface area contributed by atoms with Crippen molar-refractivity contribution in [3.8, 4) is 11.5 Å². The number of carbonyl (C=O) groups is 1. The number of nitrogens with zero attached hydrogens (tertiary/aromatic N) is 1. The molecule has 0 aromatic heterocycles. The molecule has 138 valence electrons. The summed E-state index contributed by atoms with van der Waals surface area (Å²) >= 11 is 0. The highest BCUT2D eigenvalue weighted by molar-refractivity contribution is 5.95. The Balaban J connectivity index is 1.58. The van der Waals surface area contributed by atoms with Gasteiger partial charge < -0.3 is 20.5 Å². The van der Waals surface area contributed by atoms with E-state index in [1.165, 1.54) is 0 Å². The summed E-state index contributed by atoms with van der Waals surface area (Å²) in [5, 5.41) is 3.10. The Kier molecular flexibility index (Phi) is 5.63. The Morgan fingerprint density at radius 1 is 1.19 bits per heavy atom. The van der Waals surface area contributed by atoms with Gasteiger partial charge in [0.2, 0.25) is 0 Å². The zero-order valence-electron chi connectivity index (χ0n) is 15.2.